The number of hydrogen-bond donors (Lipinski definition) is 3. The van der Waals surface area contributed by atoms with Gasteiger partial charge in [0.2, 0.25) is 0 Å². The molecular formula is C8H8F3N3O3. The van der Waals surface area contributed by atoms with Crippen LogP contribution in [0.4, 0.5) is 19.0 Å². The Morgan fingerprint density at radius 2 is 2.12 bits per heavy atom. The number of rotatable bonds is 3. The molecule has 1 heterocycles. The molecule has 1 aromatic heterocycles. The molecule has 0 aromatic carbocycles. The van der Waals surface area contributed by atoms with Gasteiger partial charge in [-0.15, -0.1) is 13.2 Å². The van der Waals surface area contributed by atoms with Gasteiger partial charge < -0.3 is 21.3 Å². The summed E-state index contributed by atoms with van der Waals surface area (Å²) in [6, 6.07) is 0. The molecule has 0 aliphatic carbocycles. The van der Waals surface area contributed by atoms with Crippen molar-refractivity contribution in [3.8, 4) is 5.75 Å². The normalized spacial score (nSPS) is 11.3. The number of carboxylic acid groups (broad SMARTS) is 1. The van der Waals surface area contributed by atoms with Crippen LogP contribution in [0.25, 0.3) is 0 Å². The van der Waals surface area contributed by atoms with Crippen LogP contribution in [0, 0.1) is 0 Å². The highest BCUT2D eigenvalue weighted by atomic mass is 19.4. The van der Waals surface area contributed by atoms with E-state index in [9.17, 15) is 18.0 Å². The molecule has 0 saturated heterocycles. The molecule has 0 aliphatic heterocycles. The Morgan fingerprint density at radius 1 is 1.53 bits per heavy atom. The van der Waals surface area contributed by atoms with Crippen LogP contribution in [0.1, 0.15) is 15.9 Å². The van der Waals surface area contributed by atoms with Crippen LogP contribution in [0.3, 0.4) is 0 Å². The minimum absolute atomic E-state index is 0.359. The average molecular weight is 251 g/mol. The molecule has 17 heavy (non-hydrogen) atoms. The molecule has 0 unspecified atom stereocenters. The van der Waals surface area contributed by atoms with Crippen LogP contribution < -0.4 is 16.2 Å². The largest absolute Gasteiger partial charge is 0.573 e. The van der Waals surface area contributed by atoms with Crippen molar-refractivity contribution >= 4 is 11.8 Å². The Kier molecular flexibility index (Phi) is 3.42. The van der Waals surface area contributed by atoms with E-state index in [4.69, 9.17) is 16.6 Å². The first-order chi connectivity index (χ1) is 7.76. The zero-order valence-electron chi connectivity index (χ0n) is 8.28. The van der Waals surface area contributed by atoms with Crippen molar-refractivity contribution in [2.45, 2.75) is 12.9 Å². The minimum Gasteiger partial charge on any atom is -0.478 e. The predicted molar refractivity (Wildman–Crippen MR) is 50.2 cm³/mol. The second-order valence-electron chi connectivity index (χ2n) is 2.92. The molecule has 9 heteroatoms. The number of carbonyl (C=O) groups is 1. The third-order valence-electron chi connectivity index (χ3n) is 1.82. The predicted octanol–water partition coefficient (Wildman–Crippen LogP) is 0.719. The minimum atomic E-state index is -5.00. The van der Waals surface area contributed by atoms with E-state index in [2.05, 4.69) is 9.72 Å². The number of carboxylic acids is 1. The maximum atomic E-state index is 12.1. The summed E-state index contributed by atoms with van der Waals surface area (Å²) in [4.78, 5) is 14.0. The lowest BCUT2D eigenvalue weighted by Crippen LogP contribution is -2.21. The monoisotopic (exact) mass is 251 g/mol. The van der Waals surface area contributed by atoms with Gasteiger partial charge in [-0.3, -0.25) is 0 Å². The number of pyridine rings is 1. The Morgan fingerprint density at radius 3 is 2.53 bits per heavy atom. The van der Waals surface area contributed by atoms with E-state index in [-0.39, 0.29) is 5.56 Å². The molecule has 6 nitrogen and oxygen atoms in total. The molecule has 0 saturated carbocycles. The van der Waals surface area contributed by atoms with Crippen molar-refractivity contribution in [2.75, 3.05) is 5.73 Å². The van der Waals surface area contributed by atoms with E-state index >= 15 is 0 Å². The SMILES string of the molecule is NCc1c(C(=O)O)cnc(N)c1OC(F)(F)F. The van der Waals surface area contributed by atoms with Gasteiger partial charge >= 0.3 is 12.3 Å². The van der Waals surface area contributed by atoms with Crippen LogP contribution >= 0.6 is 0 Å². The molecule has 0 fully saturated rings. The molecule has 94 valence electrons. The summed E-state index contributed by atoms with van der Waals surface area (Å²) in [5, 5.41) is 8.74. The second-order valence-corrected chi connectivity index (χ2v) is 2.92. The summed E-state index contributed by atoms with van der Waals surface area (Å²) >= 11 is 0. The highest BCUT2D eigenvalue weighted by molar-refractivity contribution is 5.90. The van der Waals surface area contributed by atoms with Crippen LogP contribution in [-0.2, 0) is 6.54 Å². The number of alkyl halides is 3. The van der Waals surface area contributed by atoms with Gasteiger partial charge in [0.1, 0.15) is 0 Å². The lowest BCUT2D eigenvalue weighted by Gasteiger charge is -2.15. The maximum Gasteiger partial charge on any atom is 0.573 e. The molecule has 5 N–H and O–H groups in total. The average Bonchev–Trinajstić information content (AvgIpc) is 2.18. The second kappa shape index (κ2) is 4.45. The van der Waals surface area contributed by atoms with Gasteiger partial charge in [-0.25, -0.2) is 9.78 Å². The number of aromatic carboxylic acids is 1. The molecule has 0 spiro atoms. The van der Waals surface area contributed by atoms with Gasteiger partial charge in [0.15, 0.2) is 11.6 Å². The van der Waals surface area contributed by atoms with Crippen molar-refractivity contribution < 1.29 is 27.8 Å². The maximum absolute atomic E-state index is 12.1. The Balaban J connectivity index is 3.35. The van der Waals surface area contributed by atoms with Crippen molar-refractivity contribution in [1.29, 1.82) is 0 Å². The number of halogens is 3. The van der Waals surface area contributed by atoms with Crippen molar-refractivity contribution in [3.05, 3.63) is 17.3 Å². The Labute approximate surface area is 93.0 Å². The van der Waals surface area contributed by atoms with E-state index in [0.717, 1.165) is 6.20 Å². The van der Waals surface area contributed by atoms with Gasteiger partial charge in [0, 0.05) is 18.3 Å². The fourth-order valence-electron chi connectivity index (χ4n) is 1.16. The molecule has 0 amide bonds. The third-order valence-corrected chi connectivity index (χ3v) is 1.82. The van der Waals surface area contributed by atoms with E-state index < -0.39 is 36.0 Å². The van der Waals surface area contributed by atoms with Gasteiger partial charge in [0.05, 0.1) is 5.56 Å². The molecule has 1 aromatic rings. The first kappa shape index (κ1) is 13.0. The number of nitrogens with zero attached hydrogens (tertiary/aromatic N) is 1. The summed E-state index contributed by atoms with van der Waals surface area (Å²) in [5.41, 5.74) is 9.53. The summed E-state index contributed by atoms with van der Waals surface area (Å²) in [5.74, 6) is -2.92. The van der Waals surface area contributed by atoms with Gasteiger partial charge in [-0.05, 0) is 0 Å². The summed E-state index contributed by atoms with van der Waals surface area (Å²) in [6.45, 7) is -0.472. The van der Waals surface area contributed by atoms with Gasteiger partial charge in [-0.2, -0.15) is 0 Å². The highest BCUT2D eigenvalue weighted by Gasteiger charge is 2.34. The van der Waals surface area contributed by atoms with Crippen molar-refractivity contribution in [3.63, 3.8) is 0 Å². The summed E-state index contributed by atoms with van der Waals surface area (Å²) < 4.78 is 39.8. The van der Waals surface area contributed by atoms with E-state index in [1.165, 1.54) is 0 Å². The molecule has 0 bridgehead atoms. The smallest absolute Gasteiger partial charge is 0.478 e. The van der Waals surface area contributed by atoms with Crippen LogP contribution in [0.15, 0.2) is 6.20 Å². The van der Waals surface area contributed by atoms with E-state index in [1.54, 1.807) is 0 Å². The number of ether oxygens (including phenoxy) is 1. The van der Waals surface area contributed by atoms with Gasteiger partial charge in [0.25, 0.3) is 0 Å². The van der Waals surface area contributed by atoms with Crippen LogP contribution in [-0.4, -0.2) is 22.4 Å². The lowest BCUT2D eigenvalue weighted by molar-refractivity contribution is -0.274. The first-order valence-electron chi connectivity index (χ1n) is 4.22. The number of aromatic nitrogens is 1. The topological polar surface area (TPSA) is 111 Å². The zero-order valence-corrected chi connectivity index (χ0v) is 8.28. The quantitative estimate of drug-likeness (QED) is 0.729. The first-order valence-corrected chi connectivity index (χ1v) is 4.22. The highest BCUT2D eigenvalue weighted by Crippen LogP contribution is 2.32. The molecule has 1 rings (SSSR count). The third kappa shape index (κ3) is 2.97. The molecule has 0 radical (unpaired) electrons. The van der Waals surface area contributed by atoms with E-state index in [0.29, 0.717) is 0 Å². The lowest BCUT2D eigenvalue weighted by atomic mass is 10.1. The number of anilines is 1. The zero-order chi connectivity index (χ0) is 13.2. The van der Waals surface area contributed by atoms with Gasteiger partial charge in [-0.1, -0.05) is 0 Å². The standard InChI is InChI=1S/C8H8F3N3O3/c9-8(10,11)17-5-3(1-12)4(7(15)16)2-14-6(5)13/h2H,1,12H2,(H2,13,14)(H,15,16). The summed E-state index contributed by atoms with van der Waals surface area (Å²) in [7, 11) is 0. The van der Waals surface area contributed by atoms with Crippen LogP contribution in [0.5, 0.6) is 5.75 Å². The molecule has 0 aliphatic rings. The molecule has 0 atom stereocenters. The number of nitrogen functional groups attached to an aromatic ring is 1. The fraction of sp³-hybridized carbons (Fsp3) is 0.250. The van der Waals surface area contributed by atoms with Crippen molar-refractivity contribution in [2.24, 2.45) is 5.73 Å². The Hall–Kier alpha value is -2.03. The van der Waals surface area contributed by atoms with Crippen molar-refractivity contribution in [1.82, 2.24) is 4.98 Å². The van der Waals surface area contributed by atoms with Crippen LogP contribution in [0.2, 0.25) is 0 Å². The fourth-order valence-corrected chi connectivity index (χ4v) is 1.16. The Bertz CT molecular complexity index is 448. The molecular weight excluding hydrogens is 243 g/mol. The summed E-state index contributed by atoms with van der Waals surface area (Å²) in [6.07, 6.45) is -4.18. The van der Waals surface area contributed by atoms with E-state index in [1.807, 2.05) is 0 Å². The number of hydrogen-bond acceptors (Lipinski definition) is 5. The number of nitrogens with two attached hydrogens (primary N) is 2.